The summed E-state index contributed by atoms with van der Waals surface area (Å²) >= 11 is 5.22. The van der Waals surface area contributed by atoms with Gasteiger partial charge < -0.3 is 9.47 Å². The van der Waals surface area contributed by atoms with Crippen molar-refractivity contribution in [2.45, 2.75) is 33.4 Å². The first kappa shape index (κ1) is 25.0. The average Bonchev–Trinajstić information content (AvgIpc) is 3.01. The summed E-state index contributed by atoms with van der Waals surface area (Å²) in [6, 6.07) is 11.0. The van der Waals surface area contributed by atoms with E-state index in [1.807, 2.05) is 43.3 Å². The second-order valence-corrected chi connectivity index (χ2v) is 10.4. The van der Waals surface area contributed by atoms with Crippen molar-refractivity contribution >= 4 is 80.1 Å². The van der Waals surface area contributed by atoms with E-state index in [0.29, 0.717) is 6.61 Å². The number of hydrogen-bond acceptors (Lipinski definition) is 6. The van der Waals surface area contributed by atoms with E-state index in [4.69, 9.17) is 9.47 Å². The molecule has 1 heterocycles. The fourth-order valence-corrected chi connectivity index (χ4v) is 6.01. The number of carbonyl (C=O) groups excluding carboxylic acids is 3. The SMILES string of the molecule is CCOC(=O)[C@H](C)N1C(=O)S/C(=C/c2cc(I)c(OCc3ccc(C)cc3)c(I)c2)C1=O. The summed E-state index contributed by atoms with van der Waals surface area (Å²) in [5, 5.41) is -0.482. The molecule has 1 aliphatic heterocycles. The highest BCUT2D eigenvalue weighted by atomic mass is 127. The molecule has 0 aliphatic carbocycles. The van der Waals surface area contributed by atoms with Gasteiger partial charge in [-0.25, -0.2) is 4.79 Å². The first-order chi connectivity index (χ1) is 15.2. The van der Waals surface area contributed by atoms with Crippen molar-refractivity contribution in [2.75, 3.05) is 6.61 Å². The summed E-state index contributed by atoms with van der Waals surface area (Å²) in [5.41, 5.74) is 3.05. The lowest BCUT2D eigenvalue weighted by Crippen LogP contribution is -2.42. The van der Waals surface area contributed by atoms with Crippen molar-refractivity contribution in [3.63, 3.8) is 0 Å². The number of carbonyl (C=O) groups is 3. The molecule has 1 atom stereocenters. The number of aryl methyl sites for hydroxylation is 1. The minimum absolute atomic E-state index is 0.185. The zero-order valence-electron chi connectivity index (χ0n) is 17.7. The minimum atomic E-state index is -0.967. The minimum Gasteiger partial charge on any atom is -0.487 e. The van der Waals surface area contributed by atoms with Gasteiger partial charge in [-0.3, -0.25) is 14.5 Å². The van der Waals surface area contributed by atoms with Crippen molar-refractivity contribution in [2.24, 2.45) is 0 Å². The maximum absolute atomic E-state index is 12.8. The molecule has 32 heavy (non-hydrogen) atoms. The van der Waals surface area contributed by atoms with Crippen LogP contribution in [0.1, 0.15) is 30.5 Å². The number of halogens is 2. The quantitative estimate of drug-likeness (QED) is 0.211. The van der Waals surface area contributed by atoms with Crippen molar-refractivity contribution in [3.8, 4) is 5.75 Å². The van der Waals surface area contributed by atoms with Gasteiger partial charge in [-0.1, -0.05) is 29.8 Å². The molecule has 0 spiro atoms. The van der Waals surface area contributed by atoms with Gasteiger partial charge in [0, 0.05) is 0 Å². The number of amides is 2. The monoisotopic (exact) mass is 677 g/mol. The van der Waals surface area contributed by atoms with Gasteiger partial charge in [0.15, 0.2) is 0 Å². The molecule has 0 aromatic heterocycles. The number of benzene rings is 2. The van der Waals surface area contributed by atoms with E-state index in [2.05, 4.69) is 45.2 Å². The van der Waals surface area contributed by atoms with Crippen LogP contribution in [0.25, 0.3) is 6.08 Å². The lowest BCUT2D eigenvalue weighted by molar-refractivity contribution is -0.150. The van der Waals surface area contributed by atoms with Crippen LogP contribution in [0.15, 0.2) is 41.3 Å². The first-order valence-corrected chi connectivity index (χ1v) is 12.8. The predicted octanol–water partition coefficient (Wildman–Crippen LogP) is 5.77. The van der Waals surface area contributed by atoms with Crippen LogP contribution in [0.5, 0.6) is 5.75 Å². The lowest BCUT2D eigenvalue weighted by Gasteiger charge is -2.19. The van der Waals surface area contributed by atoms with Crippen LogP contribution in [-0.4, -0.2) is 34.7 Å². The molecule has 1 saturated heterocycles. The maximum atomic E-state index is 12.8. The second-order valence-electron chi connectivity index (χ2n) is 7.07. The Kier molecular flexibility index (Phi) is 8.62. The maximum Gasteiger partial charge on any atom is 0.329 e. The molecule has 2 amide bonds. The second kappa shape index (κ2) is 11.0. The Morgan fingerprint density at radius 1 is 1.16 bits per heavy atom. The van der Waals surface area contributed by atoms with E-state index in [0.717, 1.165) is 40.7 Å². The molecular weight excluding hydrogens is 656 g/mol. The Balaban J connectivity index is 1.77. The van der Waals surface area contributed by atoms with Gasteiger partial charge in [-0.05, 0) is 107 Å². The van der Waals surface area contributed by atoms with Gasteiger partial charge in [-0.2, -0.15) is 0 Å². The summed E-state index contributed by atoms with van der Waals surface area (Å²) in [4.78, 5) is 38.3. The standard InChI is InChI=1S/C23H21I2NO5S/c1-4-30-22(28)14(3)26-21(27)19(32-23(26)29)11-16-9-17(24)20(18(25)10-16)31-12-15-7-5-13(2)6-8-15/h5-11,14H,4,12H2,1-3H3/b19-11+/t14-/m0/s1. The summed E-state index contributed by atoms with van der Waals surface area (Å²) in [7, 11) is 0. The number of hydrogen-bond donors (Lipinski definition) is 0. The van der Waals surface area contributed by atoms with Gasteiger partial charge >= 0.3 is 5.97 Å². The molecule has 0 unspecified atom stereocenters. The molecule has 2 aromatic rings. The Morgan fingerprint density at radius 3 is 2.38 bits per heavy atom. The predicted molar refractivity (Wildman–Crippen MR) is 141 cm³/mol. The van der Waals surface area contributed by atoms with Gasteiger partial charge in [0.05, 0.1) is 18.7 Å². The van der Waals surface area contributed by atoms with E-state index >= 15 is 0 Å². The van der Waals surface area contributed by atoms with Crippen molar-refractivity contribution in [1.82, 2.24) is 4.90 Å². The molecule has 9 heteroatoms. The third kappa shape index (κ3) is 5.84. The van der Waals surface area contributed by atoms with Gasteiger partial charge in [0.2, 0.25) is 0 Å². The average molecular weight is 677 g/mol. The van der Waals surface area contributed by atoms with Crippen molar-refractivity contribution in [3.05, 3.63) is 65.1 Å². The molecule has 0 radical (unpaired) electrons. The molecule has 3 rings (SSSR count). The molecule has 0 saturated carbocycles. The highest BCUT2D eigenvalue weighted by Gasteiger charge is 2.41. The number of imide groups is 1. The van der Waals surface area contributed by atoms with Crippen molar-refractivity contribution in [1.29, 1.82) is 0 Å². The number of esters is 1. The smallest absolute Gasteiger partial charge is 0.329 e. The van der Waals surface area contributed by atoms with E-state index in [-0.39, 0.29) is 11.5 Å². The summed E-state index contributed by atoms with van der Waals surface area (Å²) < 4.78 is 12.8. The zero-order chi connectivity index (χ0) is 23.4. The molecular formula is C23H21I2NO5S. The fraction of sp³-hybridized carbons (Fsp3) is 0.261. The molecule has 2 aromatic carbocycles. The fourth-order valence-electron chi connectivity index (χ4n) is 2.97. The number of thioether (sulfide) groups is 1. The molecule has 1 fully saturated rings. The van der Waals surface area contributed by atoms with Crippen LogP contribution >= 0.6 is 56.9 Å². The Labute approximate surface area is 218 Å². The molecule has 1 aliphatic rings. The third-order valence-electron chi connectivity index (χ3n) is 4.66. The van der Waals surface area contributed by atoms with Crippen LogP contribution in [-0.2, 0) is 20.9 Å². The van der Waals surface area contributed by atoms with Gasteiger partial charge in [0.25, 0.3) is 11.1 Å². The zero-order valence-corrected chi connectivity index (χ0v) is 22.8. The molecule has 6 nitrogen and oxygen atoms in total. The largest absolute Gasteiger partial charge is 0.487 e. The Hall–Kier alpha value is -1.60. The molecule has 0 N–H and O–H groups in total. The normalized spacial score (nSPS) is 15.9. The number of nitrogens with zero attached hydrogens (tertiary/aromatic N) is 1. The third-order valence-corrected chi connectivity index (χ3v) is 7.15. The van der Waals surface area contributed by atoms with E-state index in [1.165, 1.54) is 12.5 Å². The van der Waals surface area contributed by atoms with E-state index in [1.54, 1.807) is 13.0 Å². The number of ether oxygens (including phenoxy) is 2. The van der Waals surface area contributed by atoms with Crippen LogP contribution in [0.2, 0.25) is 0 Å². The summed E-state index contributed by atoms with van der Waals surface area (Å²) in [6.45, 7) is 5.85. The summed E-state index contributed by atoms with van der Waals surface area (Å²) in [5.74, 6) is -0.326. The van der Waals surface area contributed by atoms with E-state index < -0.39 is 23.2 Å². The highest BCUT2D eigenvalue weighted by molar-refractivity contribution is 14.1. The van der Waals surface area contributed by atoms with Crippen LogP contribution < -0.4 is 4.74 Å². The molecule has 168 valence electrons. The molecule has 0 bridgehead atoms. The Morgan fingerprint density at radius 2 is 1.78 bits per heavy atom. The lowest BCUT2D eigenvalue weighted by atomic mass is 10.1. The van der Waals surface area contributed by atoms with E-state index in [9.17, 15) is 14.4 Å². The van der Waals surface area contributed by atoms with Crippen molar-refractivity contribution < 1.29 is 23.9 Å². The topological polar surface area (TPSA) is 72.9 Å². The summed E-state index contributed by atoms with van der Waals surface area (Å²) in [6.07, 6.45) is 1.66. The van der Waals surface area contributed by atoms with Gasteiger partial charge in [0.1, 0.15) is 18.4 Å². The van der Waals surface area contributed by atoms with Crippen LogP contribution in [0.4, 0.5) is 4.79 Å². The van der Waals surface area contributed by atoms with Gasteiger partial charge in [-0.15, -0.1) is 0 Å². The number of rotatable bonds is 7. The van der Waals surface area contributed by atoms with Crippen LogP contribution in [0, 0.1) is 14.1 Å². The Bertz CT molecular complexity index is 1060. The first-order valence-electron chi connectivity index (χ1n) is 9.82. The van der Waals surface area contributed by atoms with Crippen LogP contribution in [0.3, 0.4) is 0 Å². The highest BCUT2D eigenvalue weighted by Crippen LogP contribution is 2.36.